The lowest BCUT2D eigenvalue weighted by atomic mass is 10.1. The maximum atomic E-state index is 12.3. The fourth-order valence-corrected chi connectivity index (χ4v) is 12.4. The van der Waals surface area contributed by atoms with Crippen molar-refractivity contribution in [2.24, 2.45) is 15.3 Å². The number of Topliss-reactive ketones (excluding diaryl/α,β-unsaturated/α-hetero) is 1. The maximum Gasteiger partial charge on any atom is 0.192 e. The van der Waals surface area contributed by atoms with Gasteiger partial charge in [-0.3, -0.25) is 23.1 Å². The van der Waals surface area contributed by atoms with Crippen molar-refractivity contribution in [3.63, 3.8) is 0 Å². The van der Waals surface area contributed by atoms with E-state index in [4.69, 9.17) is 96.5 Å². The summed E-state index contributed by atoms with van der Waals surface area (Å²) in [6, 6.07) is 19.5. The fraction of sp³-hybridized carbons (Fsp3) is 0.519. The van der Waals surface area contributed by atoms with Crippen molar-refractivity contribution in [2.45, 2.75) is 203 Å². The largest absolute Gasteiger partial charge is 0.400 e. The summed E-state index contributed by atoms with van der Waals surface area (Å²) in [4.78, 5) is 48.1. The Bertz CT molecular complexity index is 5070. The number of ketones is 1. The van der Waals surface area contributed by atoms with Crippen molar-refractivity contribution in [1.29, 1.82) is 0 Å². The Kier molecular flexibility index (Phi) is 55.1. The minimum Gasteiger partial charge on any atom is -0.400 e. The van der Waals surface area contributed by atoms with Crippen molar-refractivity contribution in [3.05, 3.63) is 190 Å². The first-order valence-corrected chi connectivity index (χ1v) is 49.3. The van der Waals surface area contributed by atoms with E-state index in [9.17, 15) is 48.4 Å². The van der Waals surface area contributed by atoms with E-state index in [0.717, 1.165) is 52.3 Å². The SMILES string of the molecule is C1CCOC1.C1CCOC1.CC(C)(C)[S@](N)=O.CO.Cl.Cl.ClCCl.ClCCl.O=Cc1ccnc(Br)c1.[2H]C([2H])([2H])C(=N[S@](=O)C(C)(C)C)c1ccnc(Br)c1.[2H]C([2H])([2H])C(=O)c1ccnc(Br)c1.[2H]C([2H])([2H])C(O)c1ccnc(Br)c1.[2H]C([2H])([2H])[C@H](C[S@](=O)C(C)(C)C)c1ccnc(Br)c1.[2H]C([2H])([2H])[C@H](C[S@](=O)C(C)(C)C)c1ccnc(S(C)(=O)=O)c1.[2H]C([2H])([2H])[C@H](N)c1ccnc(S(C)(=O)=O)c1. The van der Waals surface area contributed by atoms with Crippen LogP contribution < -0.4 is 10.9 Å². The zero-order valence-electron chi connectivity index (χ0n) is 86.7. The summed E-state index contributed by atoms with van der Waals surface area (Å²) in [7, 11) is -11.4. The highest BCUT2D eigenvalue weighted by Crippen LogP contribution is 2.26. The zero-order chi connectivity index (χ0) is 107. The molecule has 0 spiro atoms. The molecule has 120 heavy (non-hydrogen) atoms. The summed E-state index contributed by atoms with van der Waals surface area (Å²) in [6.07, 6.45) is 16.4. The van der Waals surface area contributed by atoms with Gasteiger partial charge in [-0.2, -0.15) is 4.40 Å². The number of alkyl halides is 4. The fourth-order valence-electron chi connectivity index (χ4n) is 6.76. The predicted octanol–water partition coefficient (Wildman–Crippen LogP) is 20.1. The number of aliphatic hydroxyl groups is 2. The number of aromatic nitrogens is 7. The first-order chi connectivity index (χ1) is 61.8. The summed E-state index contributed by atoms with van der Waals surface area (Å²) in [5, 5.41) is 21.4. The van der Waals surface area contributed by atoms with Crippen LogP contribution in [0.4, 0.5) is 0 Å². The van der Waals surface area contributed by atoms with Gasteiger partial charge in [-0.1, -0.05) is 13.7 Å². The van der Waals surface area contributed by atoms with Crippen molar-refractivity contribution in [2.75, 3.05) is 68.2 Å². The first-order valence-electron chi connectivity index (χ1n) is 43.4. The van der Waals surface area contributed by atoms with Crippen LogP contribution in [0.15, 0.2) is 166 Å². The number of ether oxygens (including phenoxy) is 2. The molecule has 41 heteroatoms. The van der Waals surface area contributed by atoms with Gasteiger partial charge >= 0.3 is 0 Å². The summed E-state index contributed by atoms with van der Waals surface area (Å²) >= 11 is 34.7. The second kappa shape index (κ2) is 69.5. The minimum atomic E-state index is -3.53. The lowest BCUT2D eigenvalue weighted by molar-refractivity contribution is 0.101. The van der Waals surface area contributed by atoms with E-state index < -0.39 is 148 Å². The molecular weight excluding hydrogens is 2120 g/mol. The van der Waals surface area contributed by atoms with Gasteiger partial charge in [-0.15, -0.1) is 71.2 Å². The van der Waals surface area contributed by atoms with Crippen LogP contribution in [-0.4, -0.2) is 184 Å². The van der Waals surface area contributed by atoms with Gasteiger partial charge in [0.05, 0.1) is 43.0 Å². The molecule has 24 nitrogen and oxygen atoms in total. The van der Waals surface area contributed by atoms with Crippen LogP contribution >= 0.6 is 151 Å². The van der Waals surface area contributed by atoms with E-state index in [1.165, 1.54) is 111 Å². The number of halogens is 11. The molecule has 7 aromatic rings. The lowest BCUT2D eigenvalue weighted by Gasteiger charge is -2.21. The second-order valence-corrected chi connectivity index (χ2v) is 44.9. The van der Waals surface area contributed by atoms with E-state index in [1.54, 1.807) is 84.3 Å². The molecule has 2 aliphatic rings. The van der Waals surface area contributed by atoms with Gasteiger partial charge in [-0.05, 0) is 335 Å². The molecule has 0 amide bonds. The zero-order valence-corrected chi connectivity index (χ0v) is 86.2. The number of aliphatic hydroxyl groups excluding tert-OH is 2. The molecule has 1 unspecified atom stereocenters. The van der Waals surface area contributed by atoms with E-state index in [1.807, 2.05) is 41.5 Å². The molecule has 2 saturated heterocycles. The van der Waals surface area contributed by atoms with E-state index in [0.29, 0.717) is 50.8 Å². The third kappa shape index (κ3) is 65.9. The van der Waals surface area contributed by atoms with Gasteiger partial charge in [0.25, 0.3) is 0 Å². The van der Waals surface area contributed by atoms with Crippen LogP contribution in [-0.2, 0) is 72.7 Å². The molecule has 684 valence electrons. The molecular formula is C79H121Br5Cl6N10O14S6. The Morgan fingerprint density at radius 1 is 0.517 bits per heavy atom. The Hall–Kier alpha value is -2.54. The standard InChI is InChI=1S/C13H21NO3S2.C12H18BrNOS.C11H15BrN2OS.C8H12N2O2S.C7H8BrNO.C7H6BrNO.C6H4BrNO.C4H11NOS.2C4H8O.2CH2Cl2.CH4O.2ClH/c1-10(9-18(15)13(2,3)4)11-6-7-14-12(8-11)19(5,16)17;1-9(8-16(15)12(2,3)4)10-5-6-14-11(13)7-10;1-8(14-16(15)11(2,3)4)9-5-6-13-10(12)7-9;1-6(9)7-3-4-10-8(5-7)13(2,11)12;2*1-5(10)6-2-3-9-7(8)4-6;7-6-3-5(4-9)1-2-8-6;1-4(2,3)7(5)6;2*1-2-4-5-3-1;2*2-1-3;1-2;;/h6-8,10H,9H2,1-5H3;5-7,9H,8H2,1-4H3;5-7H,1-4H3;3-6H,9H2,1-2H3;2-5,10H,1H3;2-4H,1H3;1-4H;5H2,1-3H3;2*1-4H2;2*1H2;2H,1H3;2*1H/t10-,18+;9-,16+;16-;6-;;;;7-;;;;;;;/m1110...1......./s1/i6*1D3;;;;;;;;;. The number of rotatable bonds is 14. The van der Waals surface area contributed by atoms with Crippen molar-refractivity contribution in [3.8, 4) is 0 Å². The molecule has 8 atom stereocenters. The normalized spacial score (nSPS) is 16.9. The van der Waals surface area contributed by atoms with Crippen LogP contribution in [0, 0.1) is 0 Å². The van der Waals surface area contributed by atoms with Gasteiger partial charge in [0, 0.05) is 179 Å². The molecule has 9 rings (SSSR count). The molecule has 2 aliphatic heterocycles. The monoisotopic (exact) mass is 2250 g/mol. The topological polar surface area (TPSA) is 384 Å². The number of nitrogens with two attached hydrogens (primary N) is 2. The van der Waals surface area contributed by atoms with Crippen molar-refractivity contribution < 1.29 is 87.6 Å². The number of carbonyl (C=O) groups excluding carboxylic acids is 2. The third-order valence-corrected chi connectivity index (χ3v) is 23.8. The Balaban J connectivity index is -0.000000355. The minimum absolute atomic E-state index is 0. The Morgan fingerprint density at radius 3 is 1.15 bits per heavy atom. The smallest absolute Gasteiger partial charge is 0.192 e. The summed E-state index contributed by atoms with van der Waals surface area (Å²) in [5.41, 5.74) is 8.02. The van der Waals surface area contributed by atoms with Gasteiger partial charge < -0.3 is 25.4 Å². The number of carbonyl (C=O) groups is 2. The number of nitrogens with zero attached hydrogens (tertiary/aromatic N) is 8. The second-order valence-electron chi connectivity index (χ2n) is 27.1. The summed E-state index contributed by atoms with van der Waals surface area (Å²) in [5.74, 6) is -2.55. The maximum absolute atomic E-state index is 12.3. The number of sulfone groups is 2. The predicted molar refractivity (Wildman–Crippen MR) is 523 cm³/mol. The van der Waals surface area contributed by atoms with Crippen LogP contribution in [0.5, 0.6) is 0 Å². The summed E-state index contributed by atoms with van der Waals surface area (Å²) < 4.78 is 239. The number of hydrogen-bond donors (Lipinski definition) is 4. The van der Waals surface area contributed by atoms with Crippen LogP contribution in [0.1, 0.15) is 247 Å². The lowest BCUT2D eigenvalue weighted by Crippen LogP contribution is -2.27. The number of aldehydes is 1. The molecule has 6 N–H and O–H groups in total. The van der Waals surface area contributed by atoms with Crippen LogP contribution in [0.2, 0.25) is 0 Å². The molecule has 0 radical (unpaired) electrons. The third-order valence-electron chi connectivity index (χ3n) is 13.1. The van der Waals surface area contributed by atoms with E-state index in [2.05, 4.69) is 119 Å². The molecule has 0 saturated carbocycles. The highest BCUT2D eigenvalue weighted by Gasteiger charge is 2.25. The molecule has 0 aromatic carbocycles. The van der Waals surface area contributed by atoms with Gasteiger partial charge in [-0.25, -0.2) is 60.1 Å². The highest BCUT2D eigenvalue weighted by atomic mass is 79.9. The van der Waals surface area contributed by atoms with Crippen molar-refractivity contribution >= 4 is 232 Å². The van der Waals surface area contributed by atoms with Crippen LogP contribution in [0.25, 0.3) is 0 Å². The van der Waals surface area contributed by atoms with Gasteiger partial charge in [0.2, 0.25) is 0 Å². The molecule has 2 fully saturated rings. The van der Waals surface area contributed by atoms with Gasteiger partial charge in [0.1, 0.15) is 40.3 Å². The molecule has 7 aromatic heterocycles. The molecule has 9 heterocycles. The number of pyridine rings is 7. The van der Waals surface area contributed by atoms with Crippen LogP contribution in [0.3, 0.4) is 0 Å². The highest BCUT2D eigenvalue weighted by molar-refractivity contribution is 9.11. The molecule has 0 bridgehead atoms. The molecule has 0 aliphatic carbocycles. The van der Waals surface area contributed by atoms with E-state index >= 15 is 0 Å². The Morgan fingerprint density at radius 2 is 0.850 bits per heavy atom. The first kappa shape index (κ1) is 95.1. The summed E-state index contributed by atoms with van der Waals surface area (Å²) in [6.45, 7) is 11.3. The number of hydrogen-bond acceptors (Lipinski definition) is 22. The quantitative estimate of drug-likeness (QED) is 0.0258. The van der Waals surface area contributed by atoms with Crippen molar-refractivity contribution in [1.82, 2.24) is 34.9 Å². The van der Waals surface area contributed by atoms with E-state index in [-0.39, 0.29) is 78.6 Å². The van der Waals surface area contributed by atoms with Gasteiger partial charge in [0.15, 0.2) is 35.5 Å². The average Bonchev–Trinajstić information content (AvgIpc) is 0.858. The Labute approximate surface area is 823 Å². The average molecular weight is 2260 g/mol.